The number of phenolic OH excluding ortho intramolecular Hbond substituents is 2. The normalized spacial score (nSPS) is 8.83. The van der Waals surface area contributed by atoms with Crippen molar-refractivity contribution in [3.05, 3.63) is 60.7 Å². The number of rotatable bonds is 5. The summed E-state index contributed by atoms with van der Waals surface area (Å²) in [5.74, 6) is -1.10. The summed E-state index contributed by atoms with van der Waals surface area (Å²) in [6.45, 7) is 0. The maximum Gasteiger partial charge on any atom is 0.303 e. The van der Waals surface area contributed by atoms with Gasteiger partial charge in [0.1, 0.15) is 11.5 Å². The van der Waals surface area contributed by atoms with Gasteiger partial charge in [-0.05, 0) is 37.1 Å². The molecule has 130 valence electrons. The summed E-state index contributed by atoms with van der Waals surface area (Å²) < 4.78 is 0. The number of carbonyl (C=O) groups is 2. The first-order chi connectivity index (χ1) is 11.4. The molecule has 0 atom stereocenters. The number of para-hydroxylation sites is 2. The maximum absolute atomic E-state index is 9.90. The Hall–Kier alpha value is -3.02. The van der Waals surface area contributed by atoms with E-state index in [0.717, 1.165) is 0 Å². The van der Waals surface area contributed by atoms with Crippen LogP contribution in [0.25, 0.3) is 0 Å². The fourth-order valence-electron chi connectivity index (χ4n) is 1.41. The second kappa shape index (κ2) is 13.6. The molecule has 0 heterocycles. The van der Waals surface area contributed by atoms with Gasteiger partial charge in [-0.3, -0.25) is 9.59 Å². The van der Waals surface area contributed by atoms with Gasteiger partial charge in [0.25, 0.3) is 0 Å². The van der Waals surface area contributed by atoms with Crippen LogP contribution < -0.4 is 0 Å². The van der Waals surface area contributed by atoms with Crippen molar-refractivity contribution in [2.24, 2.45) is 0 Å². The summed E-state index contributed by atoms with van der Waals surface area (Å²) in [4.78, 5) is 19.8. The average Bonchev–Trinajstić information content (AvgIpc) is 2.54. The van der Waals surface area contributed by atoms with Crippen LogP contribution in [0.5, 0.6) is 11.5 Å². The smallest absolute Gasteiger partial charge is 0.303 e. The lowest BCUT2D eigenvalue weighted by molar-refractivity contribution is -0.139. The van der Waals surface area contributed by atoms with E-state index in [0.29, 0.717) is 24.3 Å². The zero-order chi connectivity index (χ0) is 18.2. The van der Waals surface area contributed by atoms with E-state index < -0.39 is 11.9 Å². The number of benzene rings is 2. The van der Waals surface area contributed by atoms with Crippen molar-refractivity contribution in [2.45, 2.75) is 25.7 Å². The molecule has 0 aliphatic heterocycles. The first-order valence-corrected chi connectivity index (χ1v) is 7.33. The second-order valence-corrected chi connectivity index (χ2v) is 4.67. The molecule has 0 amide bonds. The lowest BCUT2D eigenvalue weighted by atomic mass is 10.2. The molecule has 0 fully saturated rings. The Bertz CT molecular complexity index is 515. The topological polar surface area (TPSA) is 115 Å². The minimum Gasteiger partial charge on any atom is -0.508 e. The standard InChI is InChI=1S/C6H10O4.2C6H6O/c7-5(8)3-1-2-4-6(9)10;2*7-6-4-2-1-3-5-6/h1-4H2,(H,7,8)(H,9,10);2*1-5,7H. The zero-order valence-corrected chi connectivity index (χ0v) is 13.2. The molecule has 0 aromatic heterocycles. The number of aliphatic carboxylic acids is 2. The fourth-order valence-corrected chi connectivity index (χ4v) is 1.41. The quantitative estimate of drug-likeness (QED) is 0.622. The Morgan fingerprint density at radius 1 is 0.625 bits per heavy atom. The molecular formula is C18H22O6. The van der Waals surface area contributed by atoms with E-state index in [4.69, 9.17) is 20.4 Å². The van der Waals surface area contributed by atoms with Crippen molar-refractivity contribution in [1.29, 1.82) is 0 Å². The first kappa shape index (κ1) is 21.0. The highest BCUT2D eigenvalue weighted by Crippen LogP contribution is 2.03. The van der Waals surface area contributed by atoms with Gasteiger partial charge in [0.2, 0.25) is 0 Å². The number of aromatic hydroxyl groups is 2. The lowest BCUT2D eigenvalue weighted by Gasteiger charge is -1.92. The molecular weight excluding hydrogens is 312 g/mol. The van der Waals surface area contributed by atoms with Crippen LogP contribution in [-0.2, 0) is 9.59 Å². The van der Waals surface area contributed by atoms with Crippen LogP contribution in [0.15, 0.2) is 60.7 Å². The van der Waals surface area contributed by atoms with Crippen LogP contribution >= 0.6 is 0 Å². The molecule has 0 bridgehead atoms. The Morgan fingerprint density at radius 3 is 1.08 bits per heavy atom. The van der Waals surface area contributed by atoms with E-state index in [9.17, 15) is 9.59 Å². The van der Waals surface area contributed by atoms with Crippen LogP contribution in [0.3, 0.4) is 0 Å². The van der Waals surface area contributed by atoms with E-state index in [-0.39, 0.29) is 12.8 Å². The lowest BCUT2D eigenvalue weighted by Crippen LogP contribution is -1.97. The Labute approximate surface area is 140 Å². The minimum atomic E-state index is -0.870. The second-order valence-electron chi connectivity index (χ2n) is 4.67. The van der Waals surface area contributed by atoms with Gasteiger partial charge < -0.3 is 20.4 Å². The van der Waals surface area contributed by atoms with Gasteiger partial charge in [-0.2, -0.15) is 0 Å². The summed E-state index contributed by atoms with van der Waals surface area (Å²) in [6, 6.07) is 17.4. The third-order valence-electron chi connectivity index (χ3n) is 2.54. The highest BCUT2D eigenvalue weighted by atomic mass is 16.4. The number of carboxylic acid groups (broad SMARTS) is 2. The summed E-state index contributed by atoms with van der Waals surface area (Å²) in [5.41, 5.74) is 0. The third kappa shape index (κ3) is 15.4. The molecule has 0 saturated heterocycles. The Kier molecular flexibility index (Phi) is 11.9. The predicted molar refractivity (Wildman–Crippen MR) is 90.0 cm³/mol. The Balaban J connectivity index is 0.000000337. The predicted octanol–water partition coefficient (Wildman–Crippen LogP) is 3.50. The van der Waals surface area contributed by atoms with E-state index in [1.54, 1.807) is 48.5 Å². The average molecular weight is 334 g/mol. The fraction of sp³-hybridized carbons (Fsp3) is 0.222. The van der Waals surface area contributed by atoms with Crippen LogP contribution in [0.1, 0.15) is 25.7 Å². The van der Waals surface area contributed by atoms with Crippen molar-refractivity contribution in [3.8, 4) is 11.5 Å². The number of phenols is 2. The van der Waals surface area contributed by atoms with Gasteiger partial charge in [-0.25, -0.2) is 0 Å². The maximum atomic E-state index is 9.90. The molecule has 0 aliphatic carbocycles. The molecule has 6 heteroatoms. The minimum absolute atomic E-state index is 0.0628. The van der Waals surface area contributed by atoms with Crippen LogP contribution in [0.2, 0.25) is 0 Å². The van der Waals surface area contributed by atoms with Crippen LogP contribution in [-0.4, -0.2) is 32.4 Å². The molecule has 0 spiro atoms. The van der Waals surface area contributed by atoms with E-state index >= 15 is 0 Å². The van der Waals surface area contributed by atoms with Crippen molar-refractivity contribution in [2.75, 3.05) is 0 Å². The van der Waals surface area contributed by atoms with Crippen molar-refractivity contribution in [3.63, 3.8) is 0 Å². The molecule has 24 heavy (non-hydrogen) atoms. The molecule has 2 rings (SSSR count). The van der Waals surface area contributed by atoms with Crippen molar-refractivity contribution >= 4 is 11.9 Å². The van der Waals surface area contributed by atoms with E-state index in [1.807, 2.05) is 12.1 Å². The summed E-state index contributed by atoms with van der Waals surface area (Å²) in [6.07, 6.45) is 1.02. The van der Waals surface area contributed by atoms with Gasteiger partial charge in [-0.1, -0.05) is 36.4 Å². The van der Waals surface area contributed by atoms with Gasteiger partial charge >= 0.3 is 11.9 Å². The van der Waals surface area contributed by atoms with Gasteiger partial charge in [0, 0.05) is 12.8 Å². The number of hydrogen-bond acceptors (Lipinski definition) is 4. The molecule has 2 aromatic rings. The molecule has 6 nitrogen and oxygen atoms in total. The zero-order valence-electron chi connectivity index (χ0n) is 13.2. The van der Waals surface area contributed by atoms with Crippen molar-refractivity contribution < 1.29 is 30.0 Å². The third-order valence-corrected chi connectivity index (χ3v) is 2.54. The SMILES string of the molecule is O=C(O)CCCCC(=O)O.Oc1ccccc1.Oc1ccccc1. The molecule has 0 aliphatic rings. The van der Waals surface area contributed by atoms with Gasteiger partial charge in [0.15, 0.2) is 0 Å². The number of hydrogen-bond donors (Lipinski definition) is 4. The van der Waals surface area contributed by atoms with E-state index in [1.165, 1.54) is 0 Å². The highest BCUT2D eigenvalue weighted by molar-refractivity contribution is 5.67. The first-order valence-electron chi connectivity index (χ1n) is 7.33. The number of unbranched alkanes of at least 4 members (excludes halogenated alkanes) is 1. The summed E-state index contributed by atoms with van der Waals surface area (Å²) in [5, 5.41) is 33.5. The van der Waals surface area contributed by atoms with Crippen LogP contribution in [0.4, 0.5) is 0 Å². The number of carboxylic acids is 2. The monoisotopic (exact) mass is 334 g/mol. The van der Waals surface area contributed by atoms with E-state index in [2.05, 4.69) is 0 Å². The largest absolute Gasteiger partial charge is 0.508 e. The van der Waals surface area contributed by atoms with Gasteiger partial charge in [-0.15, -0.1) is 0 Å². The molecule has 0 unspecified atom stereocenters. The molecule has 2 aromatic carbocycles. The summed E-state index contributed by atoms with van der Waals surface area (Å²) >= 11 is 0. The molecule has 0 saturated carbocycles. The summed E-state index contributed by atoms with van der Waals surface area (Å²) in [7, 11) is 0. The van der Waals surface area contributed by atoms with Gasteiger partial charge in [0.05, 0.1) is 0 Å². The molecule has 4 N–H and O–H groups in total. The van der Waals surface area contributed by atoms with Crippen LogP contribution in [0, 0.1) is 0 Å². The Morgan fingerprint density at radius 2 is 0.917 bits per heavy atom. The highest BCUT2D eigenvalue weighted by Gasteiger charge is 1.99. The van der Waals surface area contributed by atoms with Crippen molar-refractivity contribution in [1.82, 2.24) is 0 Å². The molecule has 0 radical (unpaired) electrons.